The van der Waals surface area contributed by atoms with E-state index in [4.69, 9.17) is 14.0 Å². The van der Waals surface area contributed by atoms with Crippen LogP contribution in [0.1, 0.15) is 28.1 Å². The molecule has 0 amide bonds. The van der Waals surface area contributed by atoms with Gasteiger partial charge in [0.1, 0.15) is 36.1 Å². The van der Waals surface area contributed by atoms with Crippen molar-refractivity contribution in [2.75, 3.05) is 13.1 Å². The van der Waals surface area contributed by atoms with Gasteiger partial charge in [-0.05, 0) is 56.2 Å². The van der Waals surface area contributed by atoms with Crippen molar-refractivity contribution in [3.63, 3.8) is 0 Å². The van der Waals surface area contributed by atoms with Gasteiger partial charge < -0.3 is 19.1 Å². The molecule has 1 N–H and O–H groups in total. The van der Waals surface area contributed by atoms with E-state index in [0.717, 1.165) is 40.6 Å². The minimum Gasteiger partial charge on any atom is -0.489 e. The largest absolute Gasteiger partial charge is 0.489 e. The fraction of sp³-hybridized carbons (Fsp3) is 0.375. The van der Waals surface area contributed by atoms with Gasteiger partial charge >= 0.3 is 0 Å². The van der Waals surface area contributed by atoms with Crippen molar-refractivity contribution in [1.29, 1.82) is 0 Å². The summed E-state index contributed by atoms with van der Waals surface area (Å²) in [6, 6.07) is 16.0. The third-order valence-corrected chi connectivity index (χ3v) is 5.48. The van der Waals surface area contributed by atoms with E-state index in [1.54, 1.807) is 0 Å². The molecule has 158 valence electrons. The van der Waals surface area contributed by atoms with Gasteiger partial charge in [-0.3, -0.25) is 4.90 Å². The van der Waals surface area contributed by atoms with Gasteiger partial charge in [0, 0.05) is 19.6 Å². The second kappa shape index (κ2) is 8.90. The van der Waals surface area contributed by atoms with E-state index in [0.29, 0.717) is 19.7 Å². The smallest absolute Gasteiger partial charge is 0.140 e. The number of benzene rings is 2. The Morgan fingerprint density at radius 1 is 1.07 bits per heavy atom. The van der Waals surface area contributed by atoms with E-state index < -0.39 is 6.10 Å². The lowest BCUT2D eigenvalue weighted by molar-refractivity contribution is 0.0736. The minimum atomic E-state index is -0.497. The first-order valence-corrected chi connectivity index (χ1v) is 10.2. The number of aromatic nitrogens is 1. The molecule has 1 aliphatic heterocycles. The maximum absolute atomic E-state index is 10.4. The standard InChI is InChI=1S/C24H28N2O4/c1-16-5-4-6-21(11-16)29-24-14-26(13-23(24)27)12-19-7-9-20(10-8-19)28-15-22-17(2)25-30-18(22)3/h4-11,23-24,27H,12-15H2,1-3H3/t23-,24-/m0/s1. The molecule has 1 aliphatic rings. The fourth-order valence-corrected chi connectivity index (χ4v) is 3.75. The molecule has 2 atom stereocenters. The monoisotopic (exact) mass is 408 g/mol. The SMILES string of the molecule is Cc1cccc(O[C@H]2CN(Cc3ccc(OCc4c(C)noc4C)cc3)C[C@@H]2O)c1. The highest BCUT2D eigenvalue weighted by atomic mass is 16.5. The summed E-state index contributed by atoms with van der Waals surface area (Å²) < 4.78 is 17.1. The maximum Gasteiger partial charge on any atom is 0.140 e. The molecule has 6 heteroatoms. The summed E-state index contributed by atoms with van der Waals surface area (Å²) in [7, 11) is 0. The Bertz CT molecular complexity index is 964. The molecule has 1 saturated heterocycles. The molecule has 3 aromatic rings. The summed E-state index contributed by atoms with van der Waals surface area (Å²) in [5.74, 6) is 2.40. The summed E-state index contributed by atoms with van der Waals surface area (Å²) in [5.41, 5.74) is 4.17. The number of aliphatic hydroxyl groups is 1. The van der Waals surface area contributed by atoms with Gasteiger partial charge in [0.05, 0.1) is 11.3 Å². The maximum atomic E-state index is 10.4. The highest BCUT2D eigenvalue weighted by molar-refractivity contribution is 5.29. The topological polar surface area (TPSA) is 68.0 Å². The lowest BCUT2D eigenvalue weighted by Gasteiger charge is -2.17. The summed E-state index contributed by atoms with van der Waals surface area (Å²) >= 11 is 0. The molecule has 0 radical (unpaired) electrons. The van der Waals surface area contributed by atoms with Gasteiger partial charge in [-0.1, -0.05) is 29.4 Å². The Balaban J connectivity index is 1.30. The predicted molar refractivity (Wildman–Crippen MR) is 114 cm³/mol. The van der Waals surface area contributed by atoms with Crippen LogP contribution in [0.5, 0.6) is 11.5 Å². The zero-order chi connectivity index (χ0) is 21.1. The molecular formula is C24H28N2O4. The lowest BCUT2D eigenvalue weighted by atomic mass is 10.2. The van der Waals surface area contributed by atoms with E-state index in [1.165, 1.54) is 5.56 Å². The fourth-order valence-electron chi connectivity index (χ4n) is 3.75. The number of ether oxygens (including phenoxy) is 2. The van der Waals surface area contributed by atoms with Crippen LogP contribution in [0.3, 0.4) is 0 Å². The average molecular weight is 408 g/mol. The summed E-state index contributed by atoms with van der Waals surface area (Å²) in [6.07, 6.45) is -0.715. The van der Waals surface area contributed by atoms with Crippen LogP contribution in [-0.4, -0.2) is 40.5 Å². The van der Waals surface area contributed by atoms with Crippen molar-refractivity contribution in [3.05, 3.63) is 76.7 Å². The van der Waals surface area contributed by atoms with Crippen molar-refractivity contribution in [2.45, 2.75) is 46.1 Å². The molecule has 2 heterocycles. The number of aryl methyl sites for hydroxylation is 3. The number of likely N-dealkylation sites (tertiary alicyclic amines) is 1. The molecule has 6 nitrogen and oxygen atoms in total. The number of rotatable bonds is 7. The van der Waals surface area contributed by atoms with Crippen molar-refractivity contribution >= 4 is 0 Å². The molecule has 4 rings (SSSR count). The molecule has 0 aliphatic carbocycles. The van der Waals surface area contributed by atoms with Crippen molar-refractivity contribution in [3.8, 4) is 11.5 Å². The van der Waals surface area contributed by atoms with Crippen LogP contribution in [0.4, 0.5) is 0 Å². The Morgan fingerprint density at radius 2 is 1.87 bits per heavy atom. The second-order valence-corrected chi connectivity index (χ2v) is 7.97. The van der Waals surface area contributed by atoms with Gasteiger partial charge in [0.25, 0.3) is 0 Å². The van der Waals surface area contributed by atoms with Gasteiger partial charge in [-0.15, -0.1) is 0 Å². The van der Waals surface area contributed by atoms with Crippen LogP contribution in [0.2, 0.25) is 0 Å². The predicted octanol–water partition coefficient (Wildman–Crippen LogP) is 3.80. The van der Waals surface area contributed by atoms with E-state index in [9.17, 15) is 5.11 Å². The van der Waals surface area contributed by atoms with Crippen LogP contribution in [0.25, 0.3) is 0 Å². The van der Waals surface area contributed by atoms with Gasteiger partial charge in [-0.25, -0.2) is 0 Å². The quantitative estimate of drug-likeness (QED) is 0.641. The van der Waals surface area contributed by atoms with Gasteiger partial charge in [-0.2, -0.15) is 0 Å². The number of nitrogens with zero attached hydrogens (tertiary/aromatic N) is 2. The third kappa shape index (κ3) is 4.83. The Hall–Kier alpha value is -2.83. The lowest BCUT2D eigenvalue weighted by Crippen LogP contribution is -2.29. The summed E-state index contributed by atoms with van der Waals surface area (Å²) in [6.45, 7) is 8.33. The first kappa shape index (κ1) is 20.4. The van der Waals surface area contributed by atoms with E-state index in [1.807, 2.05) is 57.2 Å². The summed E-state index contributed by atoms with van der Waals surface area (Å²) in [4.78, 5) is 2.21. The molecule has 30 heavy (non-hydrogen) atoms. The van der Waals surface area contributed by atoms with Crippen LogP contribution in [-0.2, 0) is 13.2 Å². The highest BCUT2D eigenvalue weighted by Crippen LogP contribution is 2.23. The Kier molecular flexibility index (Phi) is 6.06. The first-order valence-electron chi connectivity index (χ1n) is 10.2. The average Bonchev–Trinajstić information content (AvgIpc) is 3.22. The van der Waals surface area contributed by atoms with Gasteiger partial charge in [0.15, 0.2) is 0 Å². The van der Waals surface area contributed by atoms with Crippen molar-refractivity contribution < 1.29 is 19.1 Å². The van der Waals surface area contributed by atoms with E-state index in [-0.39, 0.29) is 6.10 Å². The number of hydrogen-bond donors (Lipinski definition) is 1. The van der Waals surface area contributed by atoms with E-state index in [2.05, 4.69) is 22.2 Å². The minimum absolute atomic E-state index is 0.218. The zero-order valence-corrected chi connectivity index (χ0v) is 17.7. The molecule has 0 bridgehead atoms. The molecule has 1 fully saturated rings. The number of hydrogen-bond acceptors (Lipinski definition) is 6. The van der Waals surface area contributed by atoms with E-state index >= 15 is 0 Å². The van der Waals surface area contributed by atoms with Crippen LogP contribution in [0.15, 0.2) is 53.1 Å². The second-order valence-electron chi connectivity index (χ2n) is 7.97. The zero-order valence-electron chi connectivity index (χ0n) is 17.7. The van der Waals surface area contributed by atoms with Crippen LogP contribution in [0, 0.1) is 20.8 Å². The molecular weight excluding hydrogens is 380 g/mol. The van der Waals surface area contributed by atoms with Crippen molar-refractivity contribution in [1.82, 2.24) is 10.1 Å². The Morgan fingerprint density at radius 3 is 2.57 bits per heavy atom. The number of aliphatic hydroxyl groups excluding tert-OH is 1. The summed E-state index contributed by atoms with van der Waals surface area (Å²) in [5, 5.41) is 14.4. The molecule has 1 aromatic heterocycles. The highest BCUT2D eigenvalue weighted by Gasteiger charge is 2.33. The molecule has 0 unspecified atom stereocenters. The molecule has 0 saturated carbocycles. The van der Waals surface area contributed by atoms with Crippen LogP contribution < -0.4 is 9.47 Å². The third-order valence-electron chi connectivity index (χ3n) is 5.48. The number of β-amino-alcohol motifs (C(OH)–C–C–N with tert-alkyl or cyclic N) is 1. The Labute approximate surface area is 177 Å². The molecule has 0 spiro atoms. The first-order chi connectivity index (χ1) is 14.5. The van der Waals surface area contributed by atoms with Crippen molar-refractivity contribution in [2.24, 2.45) is 0 Å². The molecule has 2 aromatic carbocycles. The normalized spacial score (nSPS) is 19.2. The van der Waals surface area contributed by atoms with Gasteiger partial charge in [0.2, 0.25) is 0 Å². The van der Waals surface area contributed by atoms with Crippen LogP contribution >= 0.6 is 0 Å².